The van der Waals surface area contributed by atoms with Gasteiger partial charge in [-0.15, -0.1) is 0 Å². The smallest absolute Gasteiger partial charge is 0.269 e. The molecular formula is C17H20N2O5. The van der Waals surface area contributed by atoms with Crippen LogP contribution in [0.5, 0.6) is 11.5 Å². The van der Waals surface area contributed by atoms with Gasteiger partial charge < -0.3 is 19.9 Å². The zero-order valence-electron chi connectivity index (χ0n) is 13.6. The number of methoxy groups -OCH3 is 2. The fourth-order valence-electron chi connectivity index (χ4n) is 2.31. The van der Waals surface area contributed by atoms with Gasteiger partial charge in [-0.25, -0.2) is 0 Å². The molecule has 2 rings (SSSR count). The topological polar surface area (TPSA) is 93.9 Å². The van der Waals surface area contributed by atoms with E-state index in [0.29, 0.717) is 30.2 Å². The molecule has 0 aliphatic carbocycles. The maximum Gasteiger partial charge on any atom is 0.269 e. The van der Waals surface area contributed by atoms with Crippen LogP contribution in [0.3, 0.4) is 0 Å². The van der Waals surface area contributed by atoms with E-state index in [1.807, 2.05) is 0 Å². The lowest BCUT2D eigenvalue weighted by Gasteiger charge is -2.15. The Morgan fingerprint density at radius 2 is 1.92 bits per heavy atom. The molecule has 2 N–H and O–H groups in total. The van der Waals surface area contributed by atoms with Gasteiger partial charge in [0.2, 0.25) is 0 Å². The average molecular weight is 332 g/mol. The van der Waals surface area contributed by atoms with Crippen molar-refractivity contribution in [3.63, 3.8) is 0 Å². The summed E-state index contributed by atoms with van der Waals surface area (Å²) in [4.78, 5) is 10.3. The van der Waals surface area contributed by atoms with Crippen molar-refractivity contribution < 1.29 is 19.5 Å². The van der Waals surface area contributed by atoms with Gasteiger partial charge in [-0.2, -0.15) is 0 Å². The van der Waals surface area contributed by atoms with E-state index in [4.69, 9.17) is 9.47 Å². The van der Waals surface area contributed by atoms with Crippen LogP contribution in [0, 0.1) is 10.1 Å². The standard InChI is InChI=1S/C17H20N2O5/c1-23-16-7-6-13(9-17(16)24-2)15(20)11-18-10-12-4-3-5-14(8-12)19(21)22/h3-9,15,18,20H,10-11H2,1-2H3. The molecule has 0 heterocycles. The summed E-state index contributed by atoms with van der Waals surface area (Å²) in [5, 5.41) is 24.1. The molecule has 0 spiro atoms. The fourth-order valence-corrected chi connectivity index (χ4v) is 2.31. The van der Waals surface area contributed by atoms with Crippen molar-refractivity contribution in [2.24, 2.45) is 0 Å². The van der Waals surface area contributed by atoms with Crippen LogP contribution in [-0.4, -0.2) is 30.8 Å². The summed E-state index contributed by atoms with van der Waals surface area (Å²) in [6, 6.07) is 11.6. The first-order valence-electron chi connectivity index (χ1n) is 7.39. The summed E-state index contributed by atoms with van der Waals surface area (Å²) in [6.45, 7) is 0.726. The Morgan fingerprint density at radius 1 is 1.17 bits per heavy atom. The largest absolute Gasteiger partial charge is 0.493 e. The molecule has 0 saturated carbocycles. The van der Waals surface area contributed by atoms with Crippen LogP contribution in [-0.2, 0) is 6.54 Å². The quantitative estimate of drug-likeness (QED) is 0.569. The molecule has 0 saturated heterocycles. The van der Waals surface area contributed by atoms with E-state index in [2.05, 4.69) is 5.32 Å². The molecule has 0 aromatic heterocycles. The summed E-state index contributed by atoms with van der Waals surface area (Å²) in [6.07, 6.45) is -0.733. The Kier molecular flexibility index (Phi) is 6.11. The molecule has 2 aromatic carbocycles. The average Bonchev–Trinajstić information content (AvgIpc) is 2.61. The van der Waals surface area contributed by atoms with Gasteiger partial charge in [0.15, 0.2) is 11.5 Å². The van der Waals surface area contributed by atoms with Crippen molar-refractivity contribution in [1.82, 2.24) is 5.32 Å². The second-order valence-electron chi connectivity index (χ2n) is 5.19. The minimum absolute atomic E-state index is 0.0507. The van der Waals surface area contributed by atoms with Crippen molar-refractivity contribution in [3.05, 3.63) is 63.7 Å². The van der Waals surface area contributed by atoms with Crippen molar-refractivity contribution in [2.45, 2.75) is 12.6 Å². The number of ether oxygens (including phenoxy) is 2. The van der Waals surface area contributed by atoms with Gasteiger partial charge in [0, 0.05) is 25.2 Å². The Morgan fingerprint density at radius 3 is 2.58 bits per heavy atom. The maximum atomic E-state index is 10.8. The third-order valence-electron chi connectivity index (χ3n) is 3.58. The predicted octanol–water partition coefficient (Wildman–Crippen LogP) is 2.44. The first-order chi connectivity index (χ1) is 11.5. The highest BCUT2D eigenvalue weighted by atomic mass is 16.6. The summed E-state index contributed by atoms with van der Waals surface area (Å²) in [5.74, 6) is 1.14. The molecule has 0 bridgehead atoms. The molecule has 0 aliphatic rings. The van der Waals surface area contributed by atoms with Crippen LogP contribution in [0.25, 0.3) is 0 Å². The maximum absolute atomic E-state index is 10.8. The number of non-ortho nitro benzene ring substituents is 1. The van der Waals surface area contributed by atoms with E-state index >= 15 is 0 Å². The van der Waals surface area contributed by atoms with E-state index in [0.717, 1.165) is 5.56 Å². The predicted molar refractivity (Wildman–Crippen MR) is 89.3 cm³/mol. The van der Waals surface area contributed by atoms with E-state index in [1.165, 1.54) is 19.2 Å². The summed E-state index contributed by atoms with van der Waals surface area (Å²) >= 11 is 0. The van der Waals surface area contributed by atoms with Gasteiger partial charge in [0.25, 0.3) is 5.69 Å². The highest BCUT2D eigenvalue weighted by Crippen LogP contribution is 2.29. The van der Waals surface area contributed by atoms with Crippen LogP contribution >= 0.6 is 0 Å². The molecule has 0 fully saturated rings. The van der Waals surface area contributed by atoms with Crippen LogP contribution in [0.4, 0.5) is 5.69 Å². The lowest BCUT2D eigenvalue weighted by molar-refractivity contribution is -0.384. The Hall–Kier alpha value is -2.64. The normalized spacial score (nSPS) is 11.8. The number of aliphatic hydroxyl groups excluding tert-OH is 1. The zero-order valence-corrected chi connectivity index (χ0v) is 13.6. The molecule has 24 heavy (non-hydrogen) atoms. The Balaban J connectivity index is 1.94. The molecule has 7 heteroatoms. The van der Waals surface area contributed by atoms with Gasteiger partial charge in [-0.1, -0.05) is 18.2 Å². The number of nitrogens with zero attached hydrogens (tertiary/aromatic N) is 1. The third kappa shape index (κ3) is 4.43. The van der Waals surface area contributed by atoms with Gasteiger partial charge in [0.05, 0.1) is 25.2 Å². The van der Waals surface area contributed by atoms with Gasteiger partial charge >= 0.3 is 0 Å². The minimum atomic E-state index is -0.733. The van der Waals surface area contributed by atoms with Crippen molar-refractivity contribution in [1.29, 1.82) is 0 Å². The summed E-state index contributed by atoms with van der Waals surface area (Å²) in [5.41, 5.74) is 1.53. The van der Waals surface area contributed by atoms with Crippen LogP contribution in [0.15, 0.2) is 42.5 Å². The molecule has 7 nitrogen and oxygen atoms in total. The molecule has 2 aromatic rings. The van der Waals surface area contributed by atoms with Gasteiger partial charge in [-0.05, 0) is 23.3 Å². The fraction of sp³-hybridized carbons (Fsp3) is 0.294. The number of nitro groups is 1. The van der Waals surface area contributed by atoms with Crippen LogP contribution in [0.1, 0.15) is 17.2 Å². The van der Waals surface area contributed by atoms with E-state index in [1.54, 1.807) is 37.4 Å². The monoisotopic (exact) mass is 332 g/mol. The van der Waals surface area contributed by atoms with Crippen molar-refractivity contribution in [3.8, 4) is 11.5 Å². The zero-order chi connectivity index (χ0) is 17.5. The SMILES string of the molecule is COc1ccc(C(O)CNCc2cccc([N+](=O)[O-])c2)cc1OC. The Bertz CT molecular complexity index is 705. The van der Waals surface area contributed by atoms with Crippen molar-refractivity contribution in [2.75, 3.05) is 20.8 Å². The molecule has 0 amide bonds. The van der Waals surface area contributed by atoms with E-state index in [9.17, 15) is 15.2 Å². The number of nitrogens with one attached hydrogen (secondary N) is 1. The number of hydrogen-bond acceptors (Lipinski definition) is 6. The third-order valence-corrected chi connectivity index (χ3v) is 3.58. The number of rotatable bonds is 8. The minimum Gasteiger partial charge on any atom is -0.493 e. The number of aliphatic hydroxyl groups is 1. The lowest BCUT2D eigenvalue weighted by Crippen LogP contribution is -2.21. The number of nitro benzene ring substituents is 1. The van der Waals surface area contributed by atoms with Crippen LogP contribution in [0.2, 0.25) is 0 Å². The van der Waals surface area contributed by atoms with Gasteiger partial charge in [0.1, 0.15) is 0 Å². The second kappa shape index (κ2) is 8.28. The molecule has 1 unspecified atom stereocenters. The molecule has 1 atom stereocenters. The molecule has 128 valence electrons. The lowest BCUT2D eigenvalue weighted by atomic mass is 10.1. The van der Waals surface area contributed by atoms with Crippen LogP contribution < -0.4 is 14.8 Å². The number of benzene rings is 2. The van der Waals surface area contributed by atoms with E-state index in [-0.39, 0.29) is 5.69 Å². The highest BCUT2D eigenvalue weighted by molar-refractivity contribution is 5.43. The molecule has 0 aliphatic heterocycles. The molecule has 0 radical (unpaired) electrons. The summed E-state index contributed by atoms with van der Waals surface area (Å²) in [7, 11) is 3.09. The number of hydrogen-bond donors (Lipinski definition) is 2. The summed E-state index contributed by atoms with van der Waals surface area (Å²) < 4.78 is 10.4. The first kappa shape index (κ1) is 17.7. The second-order valence-corrected chi connectivity index (χ2v) is 5.19. The molecular weight excluding hydrogens is 312 g/mol. The first-order valence-corrected chi connectivity index (χ1v) is 7.39. The van der Waals surface area contributed by atoms with Crippen molar-refractivity contribution >= 4 is 5.69 Å². The van der Waals surface area contributed by atoms with E-state index < -0.39 is 11.0 Å². The highest BCUT2D eigenvalue weighted by Gasteiger charge is 2.12. The van der Waals surface area contributed by atoms with Gasteiger partial charge in [-0.3, -0.25) is 10.1 Å². The Labute approximate surface area is 140 Å².